The maximum Gasteiger partial charge on any atom is 0.257 e. The second-order valence-electron chi connectivity index (χ2n) is 8.88. The fraction of sp³-hybridized carbons (Fsp3) is 0.296. The Labute approximate surface area is 198 Å². The molecule has 1 heterocycles. The smallest absolute Gasteiger partial charge is 0.257 e. The first-order valence-corrected chi connectivity index (χ1v) is 11.4. The Hall–Kier alpha value is -2.86. The van der Waals surface area contributed by atoms with Gasteiger partial charge in [-0.2, -0.15) is 0 Å². The number of carbonyl (C=O) groups excluding carboxylic acids is 1. The van der Waals surface area contributed by atoms with Crippen LogP contribution in [-0.2, 0) is 17.0 Å². The van der Waals surface area contributed by atoms with Gasteiger partial charge in [-0.15, -0.1) is 0 Å². The second kappa shape index (κ2) is 8.49. The first kappa shape index (κ1) is 22.0. The standard InChI is InChI=1S/C27H26ClNO4/c1-32-22-12-6-19(7-13-22)16-29-25(31)23-4-2-3-5-24(23)27(29,20-8-10-21(28)11-9-20)33-18-26(17-30)14-15-26/h2-13,30H,14-18H2,1H3. The summed E-state index contributed by atoms with van der Waals surface area (Å²) in [4.78, 5) is 15.5. The van der Waals surface area contributed by atoms with Crippen molar-refractivity contribution < 1.29 is 19.4 Å². The number of benzene rings is 3. The van der Waals surface area contributed by atoms with E-state index in [4.69, 9.17) is 21.1 Å². The van der Waals surface area contributed by atoms with Gasteiger partial charge < -0.3 is 14.6 Å². The zero-order valence-electron chi connectivity index (χ0n) is 18.5. The lowest BCUT2D eigenvalue weighted by Crippen LogP contribution is -2.47. The molecule has 170 valence electrons. The summed E-state index contributed by atoms with van der Waals surface area (Å²) in [5.41, 5.74) is 1.85. The van der Waals surface area contributed by atoms with E-state index in [0.29, 0.717) is 23.7 Å². The SMILES string of the molecule is COc1ccc(CN2C(=O)c3ccccc3C2(OCC2(CO)CC2)c2ccc(Cl)cc2)cc1. The van der Waals surface area contributed by atoms with E-state index in [9.17, 15) is 9.90 Å². The van der Waals surface area contributed by atoms with Gasteiger partial charge in [-0.05, 0) is 48.7 Å². The van der Waals surface area contributed by atoms with Crippen molar-refractivity contribution in [1.82, 2.24) is 4.90 Å². The van der Waals surface area contributed by atoms with E-state index in [1.54, 1.807) is 12.0 Å². The van der Waals surface area contributed by atoms with Crippen LogP contribution in [-0.4, -0.2) is 36.2 Å². The van der Waals surface area contributed by atoms with Crippen molar-refractivity contribution in [1.29, 1.82) is 0 Å². The highest BCUT2D eigenvalue weighted by atomic mass is 35.5. The van der Waals surface area contributed by atoms with E-state index >= 15 is 0 Å². The highest BCUT2D eigenvalue weighted by Crippen LogP contribution is 2.51. The highest BCUT2D eigenvalue weighted by Gasteiger charge is 2.54. The molecule has 1 aliphatic heterocycles. The Morgan fingerprint density at radius 3 is 2.33 bits per heavy atom. The van der Waals surface area contributed by atoms with Crippen LogP contribution in [0.2, 0.25) is 5.02 Å². The number of methoxy groups -OCH3 is 1. The maximum absolute atomic E-state index is 13.7. The Bertz CT molecular complexity index is 1160. The van der Waals surface area contributed by atoms with Crippen LogP contribution in [0.25, 0.3) is 0 Å². The number of nitrogens with zero attached hydrogens (tertiary/aromatic N) is 1. The lowest BCUT2D eigenvalue weighted by molar-refractivity contribution is -0.128. The van der Waals surface area contributed by atoms with Crippen molar-refractivity contribution in [3.05, 3.63) is 100 Å². The van der Waals surface area contributed by atoms with Crippen LogP contribution in [0.3, 0.4) is 0 Å². The van der Waals surface area contributed by atoms with Gasteiger partial charge in [-0.25, -0.2) is 0 Å². The molecule has 1 aliphatic carbocycles. The molecule has 0 radical (unpaired) electrons. The lowest BCUT2D eigenvalue weighted by Gasteiger charge is -2.40. The van der Waals surface area contributed by atoms with Gasteiger partial charge in [0.05, 0.1) is 20.3 Å². The fourth-order valence-electron chi connectivity index (χ4n) is 4.50. The van der Waals surface area contributed by atoms with Gasteiger partial charge in [-0.3, -0.25) is 9.69 Å². The van der Waals surface area contributed by atoms with Gasteiger partial charge in [0, 0.05) is 33.7 Å². The third-order valence-corrected chi connectivity index (χ3v) is 7.01. The summed E-state index contributed by atoms with van der Waals surface area (Å²) in [6.07, 6.45) is 1.82. The number of hydrogen-bond acceptors (Lipinski definition) is 4. The van der Waals surface area contributed by atoms with Gasteiger partial charge in [0.15, 0.2) is 5.72 Å². The topological polar surface area (TPSA) is 59.0 Å². The molecule has 5 nitrogen and oxygen atoms in total. The minimum absolute atomic E-state index is 0.0672. The van der Waals surface area contributed by atoms with Crippen molar-refractivity contribution in [2.24, 2.45) is 5.41 Å². The average molecular weight is 464 g/mol. The third kappa shape index (κ3) is 3.80. The van der Waals surface area contributed by atoms with Gasteiger partial charge in [0.25, 0.3) is 5.91 Å². The summed E-state index contributed by atoms with van der Waals surface area (Å²) in [7, 11) is 1.63. The molecule has 1 unspecified atom stereocenters. The Balaban J connectivity index is 1.63. The zero-order chi connectivity index (χ0) is 23.1. The molecule has 3 aromatic rings. The summed E-state index contributed by atoms with van der Waals surface area (Å²) in [6, 6.07) is 22.7. The molecule has 0 spiro atoms. The maximum atomic E-state index is 13.7. The fourth-order valence-corrected chi connectivity index (χ4v) is 4.63. The summed E-state index contributed by atoms with van der Waals surface area (Å²) in [5.74, 6) is 0.666. The summed E-state index contributed by atoms with van der Waals surface area (Å²) in [6.45, 7) is 0.775. The minimum Gasteiger partial charge on any atom is -0.497 e. The summed E-state index contributed by atoms with van der Waals surface area (Å²) < 4.78 is 12.0. The molecule has 6 heteroatoms. The van der Waals surface area contributed by atoms with Crippen LogP contribution < -0.4 is 4.74 Å². The first-order chi connectivity index (χ1) is 16.0. The summed E-state index contributed by atoms with van der Waals surface area (Å²) >= 11 is 6.20. The molecular weight excluding hydrogens is 438 g/mol. The normalized spacial score (nSPS) is 20.6. The van der Waals surface area contributed by atoms with Crippen molar-refractivity contribution in [3.8, 4) is 5.75 Å². The molecular formula is C27H26ClNO4. The van der Waals surface area contributed by atoms with E-state index in [1.165, 1.54) is 0 Å². The number of amides is 1. The predicted molar refractivity (Wildman–Crippen MR) is 126 cm³/mol. The molecule has 0 aromatic heterocycles. The monoisotopic (exact) mass is 463 g/mol. The van der Waals surface area contributed by atoms with Crippen molar-refractivity contribution in [3.63, 3.8) is 0 Å². The minimum atomic E-state index is -1.12. The molecule has 1 fully saturated rings. The van der Waals surface area contributed by atoms with Crippen LogP contribution in [0.4, 0.5) is 0 Å². The van der Waals surface area contributed by atoms with Crippen molar-refractivity contribution >= 4 is 17.5 Å². The Kier molecular flexibility index (Phi) is 5.65. The van der Waals surface area contributed by atoms with Crippen LogP contribution in [0, 0.1) is 5.41 Å². The number of aliphatic hydroxyl groups is 1. The summed E-state index contributed by atoms with van der Waals surface area (Å²) in [5, 5.41) is 10.5. The molecule has 5 rings (SSSR count). The lowest BCUT2D eigenvalue weighted by atomic mass is 9.93. The van der Waals surface area contributed by atoms with Gasteiger partial charge in [0.1, 0.15) is 5.75 Å². The first-order valence-electron chi connectivity index (χ1n) is 11.1. The number of hydrogen-bond donors (Lipinski definition) is 1. The molecule has 1 atom stereocenters. The van der Waals surface area contributed by atoms with Crippen LogP contribution >= 0.6 is 11.6 Å². The van der Waals surface area contributed by atoms with Gasteiger partial charge >= 0.3 is 0 Å². The number of ether oxygens (including phenoxy) is 2. The Morgan fingerprint density at radius 1 is 1.00 bits per heavy atom. The molecule has 2 aliphatic rings. The molecule has 33 heavy (non-hydrogen) atoms. The van der Waals surface area contributed by atoms with E-state index in [1.807, 2.05) is 72.8 Å². The Morgan fingerprint density at radius 2 is 1.70 bits per heavy atom. The van der Waals surface area contributed by atoms with Gasteiger partial charge in [0.2, 0.25) is 0 Å². The second-order valence-corrected chi connectivity index (χ2v) is 9.32. The average Bonchev–Trinajstić information content (AvgIpc) is 3.61. The number of rotatable bonds is 8. The highest BCUT2D eigenvalue weighted by molar-refractivity contribution is 6.30. The molecule has 3 aromatic carbocycles. The molecule has 1 N–H and O–H groups in total. The molecule has 1 amide bonds. The zero-order valence-corrected chi connectivity index (χ0v) is 19.2. The number of carbonyl (C=O) groups is 1. The van der Waals surface area contributed by atoms with Crippen LogP contribution in [0.5, 0.6) is 5.75 Å². The van der Waals surface area contributed by atoms with Gasteiger partial charge in [-0.1, -0.05) is 54.1 Å². The number of fused-ring (bicyclic) bond motifs is 1. The van der Waals surface area contributed by atoms with E-state index in [-0.39, 0.29) is 17.9 Å². The van der Waals surface area contributed by atoms with Crippen LogP contribution in [0.15, 0.2) is 72.8 Å². The molecule has 0 bridgehead atoms. The number of halogens is 1. The third-order valence-electron chi connectivity index (χ3n) is 6.76. The quantitative estimate of drug-likeness (QED) is 0.511. The predicted octanol–water partition coefficient (Wildman–Crippen LogP) is 4.99. The van der Waals surface area contributed by atoms with Crippen molar-refractivity contribution in [2.75, 3.05) is 20.3 Å². The van der Waals surface area contributed by atoms with E-state index in [2.05, 4.69) is 0 Å². The largest absolute Gasteiger partial charge is 0.497 e. The van der Waals surface area contributed by atoms with E-state index in [0.717, 1.165) is 35.3 Å². The molecule has 0 saturated heterocycles. The van der Waals surface area contributed by atoms with E-state index < -0.39 is 5.72 Å². The number of aliphatic hydroxyl groups excluding tert-OH is 1. The molecule has 1 saturated carbocycles. The van der Waals surface area contributed by atoms with Crippen LogP contribution in [0.1, 0.15) is 39.9 Å². The van der Waals surface area contributed by atoms with Crippen molar-refractivity contribution in [2.45, 2.75) is 25.1 Å².